The van der Waals surface area contributed by atoms with E-state index in [9.17, 15) is 18.0 Å². The lowest BCUT2D eigenvalue weighted by molar-refractivity contribution is -0.141. The third-order valence-corrected chi connectivity index (χ3v) is 6.71. The van der Waals surface area contributed by atoms with Crippen LogP contribution in [-0.4, -0.2) is 57.1 Å². The molecule has 9 heteroatoms. The van der Waals surface area contributed by atoms with Gasteiger partial charge in [0.1, 0.15) is 11.8 Å². The van der Waals surface area contributed by atoms with Crippen molar-refractivity contribution in [2.45, 2.75) is 52.6 Å². The standard InChI is InChI=1S/C26H37N3O5S/c1-5-24(26(31)27-6-2)28(20-21-12-9-8-10-13-21)25(30)14-11-19-29(35(4,32)33)22-15-17-23(18-16-22)34-7-3/h8-10,12-13,15-18,24H,5-7,11,14,19-20H2,1-4H3,(H,27,31)/t24-/m0/s1. The molecule has 0 aliphatic rings. The summed E-state index contributed by atoms with van der Waals surface area (Å²) < 4.78 is 31.6. The Bertz CT molecular complexity index is 1040. The highest BCUT2D eigenvalue weighted by Gasteiger charge is 2.28. The lowest BCUT2D eigenvalue weighted by atomic mass is 10.1. The summed E-state index contributed by atoms with van der Waals surface area (Å²) in [5, 5.41) is 2.82. The maximum Gasteiger partial charge on any atom is 0.242 e. The van der Waals surface area contributed by atoms with E-state index in [0.717, 1.165) is 11.8 Å². The smallest absolute Gasteiger partial charge is 0.242 e. The number of carbonyl (C=O) groups is 2. The number of hydrogen-bond donors (Lipinski definition) is 1. The van der Waals surface area contributed by atoms with E-state index in [1.165, 1.54) is 4.31 Å². The number of likely N-dealkylation sites (N-methyl/N-ethyl adjacent to an activating group) is 1. The molecular formula is C26H37N3O5S. The number of rotatable bonds is 14. The molecule has 0 saturated heterocycles. The number of hydrogen-bond acceptors (Lipinski definition) is 5. The zero-order valence-corrected chi connectivity index (χ0v) is 21.9. The van der Waals surface area contributed by atoms with Crippen molar-refractivity contribution in [2.24, 2.45) is 0 Å². The molecule has 2 aromatic carbocycles. The van der Waals surface area contributed by atoms with Crippen molar-refractivity contribution in [1.29, 1.82) is 0 Å². The van der Waals surface area contributed by atoms with E-state index in [4.69, 9.17) is 4.74 Å². The quantitative estimate of drug-likeness (QED) is 0.425. The molecule has 0 aliphatic heterocycles. The van der Waals surface area contributed by atoms with Crippen LogP contribution in [0, 0.1) is 0 Å². The lowest BCUT2D eigenvalue weighted by Gasteiger charge is -2.31. The number of sulfonamides is 1. The van der Waals surface area contributed by atoms with Gasteiger partial charge in [-0.3, -0.25) is 13.9 Å². The Hall–Kier alpha value is -3.07. The highest BCUT2D eigenvalue weighted by atomic mass is 32.2. The van der Waals surface area contributed by atoms with Crippen molar-refractivity contribution in [2.75, 3.05) is 30.3 Å². The average Bonchev–Trinajstić information content (AvgIpc) is 2.82. The van der Waals surface area contributed by atoms with Crippen LogP contribution < -0.4 is 14.4 Å². The molecule has 2 amide bonds. The van der Waals surface area contributed by atoms with E-state index in [2.05, 4.69) is 5.32 Å². The van der Waals surface area contributed by atoms with Gasteiger partial charge in [0.05, 0.1) is 18.6 Å². The Balaban J connectivity index is 2.15. The first kappa shape index (κ1) is 28.2. The van der Waals surface area contributed by atoms with Crippen molar-refractivity contribution in [3.63, 3.8) is 0 Å². The van der Waals surface area contributed by atoms with Gasteiger partial charge in [-0.05, 0) is 56.5 Å². The topological polar surface area (TPSA) is 96.0 Å². The predicted octanol–water partition coefficient (Wildman–Crippen LogP) is 3.58. The first-order chi connectivity index (χ1) is 16.7. The van der Waals surface area contributed by atoms with Crippen LogP contribution in [0.2, 0.25) is 0 Å². The van der Waals surface area contributed by atoms with Crippen LogP contribution in [0.3, 0.4) is 0 Å². The van der Waals surface area contributed by atoms with Crippen molar-refractivity contribution in [1.82, 2.24) is 10.2 Å². The number of nitrogens with one attached hydrogen (secondary N) is 1. The van der Waals surface area contributed by atoms with Crippen LogP contribution in [-0.2, 0) is 26.2 Å². The molecule has 0 aliphatic carbocycles. The molecule has 0 fully saturated rings. The fourth-order valence-electron chi connectivity index (χ4n) is 3.87. The van der Waals surface area contributed by atoms with Crippen molar-refractivity contribution in [3.05, 3.63) is 60.2 Å². The van der Waals surface area contributed by atoms with Gasteiger partial charge in [-0.2, -0.15) is 0 Å². The minimum Gasteiger partial charge on any atom is -0.494 e. The van der Waals surface area contributed by atoms with Crippen LogP contribution in [0.5, 0.6) is 5.75 Å². The molecular weight excluding hydrogens is 466 g/mol. The van der Waals surface area contributed by atoms with E-state index in [1.807, 2.05) is 51.1 Å². The second kappa shape index (κ2) is 13.7. The second-order valence-corrected chi connectivity index (χ2v) is 10.1. The van der Waals surface area contributed by atoms with E-state index < -0.39 is 16.1 Å². The molecule has 1 N–H and O–H groups in total. The van der Waals surface area contributed by atoms with Crippen molar-refractivity contribution in [3.8, 4) is 5.75 Å². The van der Waals surface area contributed by atoms with Gasteiger partial charge in [0.15, 0.2) is 0 Å². The summed E-state index contributed by atoms with van der Waals surface area (Å²) in [6.45, 7) is 7.06. The van der Waals surface area contributed by atoms with Crippen LogP contribution in [0.1, 0.15) is 45.6 Å². The molecule has 0 unspecified atom stereocenters. The number of anilines is 1. The fourth-order valence-corrected chi connectivity index (χ4v) is 4.84. The molecule has 1 atom stereocenters. The highest BCUT2D eigenvalue weighted by Crippen LogP contribution is 2.23. The Morgan fingerprint density at radius 3 is 2.20 bits per heavy atom. The summed E-state index contributed by atoms with van der Waals surface area (Å²) in [6.07, 6.45) is 2.06. The van der Waals surface area contributed by atoms with Crippen LogP contribution in [0.25, 0.3) is 0 Å². The monoisotopic (exact) mass is 503 g/mol. The Morgan fingerprint density at radius 2 is 1.66 bits per heavy atom. The van der Waals surface area contributed by atoms with Gasteiger partial charge in [0.25, 0.3) is 0 Å². The first-order valence-corrected chi connectivity index (χ1v) is 13.9. The molecule has 192 valence electrons. The number of nitrogens with zero attached hydrogens (tertiary/aromatic N) is 2. The van der Waals surface area contributed by atoms with Crippen LogP contribution in [0.4, 0.5) is 5.69 Å². The summed E-state index contributed by atoms with van der Waals surface area (Å²) in [6, 6.07) is 15.8. The summed E-state index contributed by atoms with van der Waals surface area (Å²) >= 11 is 0. The predicted molar refractivity (Wildman–Crippen MR) is 139 cm³/mol. The molecule has 0 radical (unpaired) electrons. The van der Waals surface area contributed by atoms with Crippen molar-refractivity contribution >= 4 is 27.5 Å². The third kappa shape index (κ3) is 8.58. The molecule has 0 aromatic heterocycles. The maximum atomic E-state index is 13.3. The van der Waals surface area contributed by atoms with Gasteiger partial charge in [-0.1, -0.05) is 37.3 Å². The van der Waals surface area contributed by atoms with Gasteiger partial charge in [-0.15, -0.1) is 0 Å². The van der Waals surface area contributed by atoms with E-state index in [1.54, 1.807) is 29.2 Å². The average molecular weight is 504 g/mol. The van der Waals surface area contributed by atoms with Gasteiger partial charge in [0.2, 0.25) is 21.8 Å². The van der Waals surface area contributed by atoms with E-state index in [0.29, 0.717) is 44.0 Å². The molecule has 8 nitrogen and oxygen atoms in total. The Kier molecular flexibility index (Phi) is 11.0. The minimum absolute atomic E-state index is 0.117. The van der Waals surface area contributed by atoms with E-state index in [-0.39, 0.29) is 24.8 Å². The minimum atomic E-state index is -3.55. The zero-order valence-electron chi connectivity index (χ0n) is 21.1. The first-order valence-electron chi connectivity index (χ1n) is 12.0. The van der Waals surface area contributed by atoms with Gasteiger partial charge in [0, 0.05) is 26.1 Å². The van der Waals surface area contributed by atoms with Gasteiger partial charge in [-0.25, -0.2) is 8.42 Å². The molecule has 0 bridgehead atoms. The molecule has 0 heterocycles. The maximum absolute atomic E-state index is 13.3. The normalized spacial score (nSPS) is 12.0. The summed E-state index contributed by atoms with van der Waals surface area (Å²) in [5.41, 5.74) is 1.44. The second-order valence-electron chi connectivity index (χ2n) is 8.19. The van der Waals surface area contributed by atoms with E-state index >= 15 is 0 Å². The number of benzene rings is 2. The molecule has 2 aromatic rings. The highest BCUT2D eigenvalue weighted by molar-refractivity contribution is 7.92. The third-order valence-electron chi connectivity index (χ3n) is 5.52. The summed E-state index contributed by atoms with van der Waals surface area (Å²) in [7, 11) is -3.55. The number of carbonyl (C=O) groups excluding carboxylic acids is 2. The fraction of sp³-hybridized carbons (Fsp3) is 0.462. The molecule has 35 heavy (non-hydrogen) atoms. The SMILES string of the molecule is CCNC(=O)[C@H](CC)N(Cc1ccccc1)C(=O)CCCN(c1ccc(OCC)cc1)S(C)(=O)=O. The molecule has 2 rings (SSSR count). The number of amides is 2. The molecule has 0 saturated carbocycles. The van der Waals surface area contributed by atoms with Crippen molar-refractivity contribution < 1.29 is 22.7 Å². The Morgan fingerprint density at radius 1 is 1.00 bits per heavy atom. The van der Waals surface area contributed by atoms with Gasteiger partial charge < -0.3 is 15.0 Å². The summed E-state index contributed by atoms with van der Waals surface area (Å²) in [5.74, 6) is 0.283. The molecule has 0 spiro atoms. The van der Waals surface area contributed by atoms with Crippen LogP contribution in [0.15, 0.2) is 54.6 Å². The summed E-state index contributed by atoms with van der Waals surface area (Å²) in [4.78, 5) is 27.6. The lowest BCUT2D eigenvalue weighted by Crippen LogP contribution is -2.49. The van der Waals surface area contributed by atoms with Gasteiger partial charge >= 0.3 is 0 Å². The largest absolute Gasteiger partial charge is 0.494 e. The van der Waals surface area contributed by atoms with Crippen LogP contribution >= 0.6 is 0 Å². The Labute approximate surface area is 209 Å². The number of ether oxygens (including phenoxy) is 1. The zero-order chi connectivity index (χ0) is 25.8.